The fraction of sp³-hybridized carbons (Fsp3) is 0.231. The fourth-order valence-corrected chi connectivity index (χ4v) is 1.73. The molecular formula is C13H12N4O3. The van der Waals surface area contributed by atoms with Gasteiger partial charge in [0.05, 0.1) is 24.2 Å². The van der Waals surface area contributed by atoms with Gasteiger partial charge in [0.25, 0.3) is 5.56 Å². The third kappa shape index (κ3) is 2.44. The molecule has 20 heavy (non-hydrogen) atoms. The van der Waals surface area contributed by atoms with E-state index in [0.29, 0.717) is 11.4 Å². The van der Waals surface area contributed by atoms with E-state index in [0.717, 1.165) is 0 Å². The van der Waals surface area contributed by atoms with Crippen LogP contribution in [0.15, 0.2) is 23.4 Å². The monoisotopic (exact) mass is 272 g/mol. The number of nitriles is 1. The predicted octanol–water partition coefficient (Wildman–Crippen LogP) is 0.824. The fourth-order valence-electron chi connectivity index (χ4n) is 1.73. The molecule has 2 rings (SSSR count). The molecule has 0 aromatic carbocycles. The van der Waals surface area contributed by atoms with E-state index in [1.165, 1.54) is 6.07 Å². The second-order valence-electron chi connectivity index (χ2n) is 4.06. The Balaban J connectivity index is 2.61. The molecule has 102 valence electrons. The number of esters is 1. The van der Waals surface area contributed by atoms with Crippen molar-refractivity contribution in [3.63, 3.8) is 0 Å². The minimum Gasteiger partial charge on any atom is -0.462 e. The van der Waals surface area contributed by atoms with Gasteiger partial charge in [0.2, 0.25) is 0 Å². The maximum absolute atomic E-state index is 11.9. The second-order valence-corrected chi connectivity index (χ2v) is 4.06. The molecule has 2 aromatic heterocycles. The average Bonchev–Trinajstić information content (AvgIpc) is 2.84. The Morgan fingerprint density at radius 1 is 1.60 bits per heavy atom. The number of aryl methyl sites for hydroxylation is 1. The highest BCUT2D eigenvalue weighted by atomic mass is 16.5. The minimum absolute atomic E-state index is 0.0567. The van der Waals surface area contributed by atoms with E-state index in [2.05, 4.69) is 9.97 Å². The number of aromatic nitrogens is 3. The largest absolute Gasteiger partial charge is 0.462 e. The Labute approximate surface area is 114 Å². The number of H-pyrrole nitrogens is 1. The number of carbonyl (C=O) groups is 1. The van der Waals surface area contributed by atoms with Gasteiger partial charge in [-0.2, -0.15) is 5.26 Å². The van der Waals surface area contributed by atoms with Crippen LogP contribution in [-0.4, -0.2) is 27.1 Å². The molecule has 0 fully saturated rings. The van der Waals surface area contributed by atoms with Gasteiger partial charge in [-0.3, -0.25) is 4.79 Å². The highest BCUT2D eigenvalue weighted by molar-refractivity contribution is 5.93. The quantitative estimate of drug-likeness (QED) is 0.834. The van der Waals surface area contributed by atoms with Gasteiger partial charge in [-0.25, -0.2) is 9.78 Å². The van der Waals surface area contributed by atoms with Crippen molar-refractivity contribution in [1.29, 1.82) is 5.26 Å². The number of hydrogen-bond acceptors (Lipinski definition) is 5. The molecule has 2 aromatic rings. The number of imidazole rings is 1. The molecule has 0 amide bonds. The first-order chi connectivity index (χ1) is 9.56. The van der Waals surface area contributed by atoms with Gasteiger partial charge in [0.1, 0.15) is 17.3 Å². The lowest BCUT2D eigenvalue weighted by molar-refractivity contribution is 0.0525. The van der Waals surface area contributed by atoms with Crippen LogP contribution in [0.3, 0.4) is 0 Å². The van der Waals surface area contributed by atoms with Crippen molar-refractivity contribution in [2.45, 2.75) is 6.92 Å². The first-order valence-electron chi connectivity index (χ1n) is 5.89. The summed E-state index contributed by atoms with van der Waals surface area (Å²) >= 11 is 0. The molecule has 1 N–H and O–H groups in total. The predicted molar refractivity (Wildman–Crippen MR) is 69.9 cm³/mol. The van der Waals surface area contributed by atoms with Crippen LogP contribution >= 0.6 is 0 Å². The van der Waals surface area contributed by atoms with Gasteiger partial charge >= 0.3 is 5.97 Å². The van der Waals surface area contributed by atoms with Gasteiger partial charge in [-0.05, 0) is 13.0 Å². The van der Waals surface area contributed by atoms with E-state index in [4.69, 9.17) is 10.00 Å². The summed E-state index contributed by atoms with van der Waals surface area (Å²) in [6.45, 7) is 1.81. The molecule has 7 nitrogen and oxygen atoms in total. The van der Waals surface area contributed by atoms with Gasteiger partial charge in [-0.15, -0.1) is 0 Å². The number of rotatable bonds is 3. The molecule has 0 saturated carbocycles. The lowest BCUT2D eigenvalue weighted by atomic mass is 10.1. The molecule has 0 aliphatic carbocycles. The summed E-state index contributed by atoms with van der Waals surface area (Å²) in [5.41, 5.74) is -0.0992. The molecule has 0 saturated heterocycles. The molecule has 0 radical (unpaired) electrons. The zero-order valence-electron chi connectivity index (χ0n) is 11.0. The van der Waals surface area contributed by atoms with Crippen molar-refractivity contribution in [3.05, 3.63) is 40.1 Å². The maximum atomic E-state index is 11.9. The Morgan fingerprint density at radius 2 is 2.35 bits per heavy atom. The summed E-state index contributed by atoms with van der Waals surface area (Å²) in [7, 11) is 1.78. The molecule has 7 heteroatoms. The van der Waals surface area contributed by atoms with Crippen LogP contribution in [0, 0.1) is 11.3 Å². The minimum atomic E-state index is -0.702. The van der Waals surface area contributed by atoms with Crippen molar-refractivity contribution in [2.75, 3.05) is 6.61 Å². The number of nitrogens with one attached hydrogen (secondary N) is 1. The Hall–Kier alpha value is -2.88. The van der Waals surface area contributed by atoms with Crippen molar-refractivity contribution < 1.29 is 9.53 Å². The number of ether oxygens (including phenoxy) is 1. The lowest BCUT2D eigenvalue weighted by Crippen LogP contribution is -2.18. The average molecular weight is 272 g/mol. The molecular weight excluding hydrogens is 260 g/mol. The van der Waals surface area contributed by atoms with E-state index < -0.39 is 11.5 Å². The van der Waals surface area contributed by atoms with Crippen LogP contribution < -0.4 is 5.56 Å². The number of hydrogen-bond donors (Lipinski definition) is 1. The Bertz CT molecular complexity index is 752. The van der Waals surface area contributed by atoms with Crippen molar-refractivity contribution in [1.82, 2.24) is 14.5 Å². The van der Waals surface area contributed by atoms with E-state index in [-0.39, 0.29) is 17.7 Å². The zero-order chi connectivity index (χ0) is 14.7. The standard InChI is InChI=1S/C13H12N4O3/c1-3-20-13(19)8-4-10(11-6-17(2)7-15-11)16-12(18)9(8)5-14/h4,6-7H,3H2,1-2H3,(H,16,18). The highest BCUT2D eigenvalue weighted by Gasteiger charge is 2.18. The van der Waals surface area contributed by atoms with Crippen LogP contribution in [-0.2, 0) is 11.8 Å². The number of nitrogens with zero attached hydrogens (tertiary/aromatic N) is 3. The van der Waals surface area contributed by atoms with Gasteiger partial charge < -0.3 is 14.3 Å². The second kappa shape index (κ2) is 5.40. The first kappa shape index (κ1) is 13.5. The summed E-state index contributed by atoms with van der Waals surface area (Å²) in [5, 5.41) is 8.98. The van der Waals surface area contributed by atoms with Gasteiger partial charge in [0.15, 0.2) is 0 Å². The number of aromatic amines is 1. The summed E-state index contributed by atoms with van der Waals surface area (Å²) in [4.78, 5) is 30.3. The first-order valence-corrected chi connectivity index (χ1v) is 5.89. The third-order valence-electron chi connectivity index (χ3n) is 2.62. The molecule has 0 aliphatic heterocycles. The van der Waals surface area contributed by atoms with Crippen LogP contribution in [0.5, 0.6) is 0 Å². The summed E-state index contributed by atoms with van der Waals surface area (Å²) in [6, 6.07) is 3.12. The van der Waals surface area contributed by atoms with E-state index in [1.807, 2.05) is 0 Å². The summed E-state index contributed by atoms with van der Waals surface area (Å²) in [5.74, 6) is -0.702. The van der Waals surface area contributed by atoms with Crippen molar-refractivity contribution in [2.24, 2.45) is 7.05 Å². The van der Waals surface area contributed by atoms with Crippen LogP contribution in [0.4, 0.5) is 0 Å². The molecule has 2 heterocycles. The SMILES string of the molecule is CCOC(=O)c1cc(-c2cn(C)cn2)[nH]c(=O)c1C#N. The van der Waals surface area contributed by atoms with E-state index in [9.17, 15) is 9.59 Å². The highest BCUT2D eigenvalue weighted by Crippen LogP contribution is 2.16. The zero-order valence-corrected chi connectivity index (χ0v) is 11.0. The topological polar surface area (TPSA) is 101 Å². The normalized spacial score (nSPS) is 10.1. The maximum Gasteiger partial charge on any atom is 0.339 e. The van der Waals surface area contributed by atoms with E-state index in [1.54, 1.807) is 37.1 Å². The van der Waals surface area contributed by atoms with Crippen LogP contribution in [0.2, 0.25) is 0 Å². The van der Waals surface area contributed by atoms with Crippen LogP contribution in [0.1, 0.15) is 22.8 Å². The molecule has 0 unspecified atom stereocenters. The van der Waals surface area contributed by atoms with Crippen LogP contribution in [0.25, 0.3) is 11.4 Å². The summed E-state index contributed by atoms with van der Waals surface area (Å²) in [6.07, 6.45) is 3.25. The third-order valence-corrected chi connectivity index (χ3v) is 2.62. The summed E-state index contributed by atoms with van der Waals surface area (Å²) < 4.78 is 6.56. The van der Waals surface area contributed by atoms with Gasteiger partial charge in [0, 0.05) is 13.2 Å². The molecule has 0 aliphatic rings. The van der Waals surface area contributed by atoms with E-state index >= 15 is 0 Å². The number of pyridine rings is 1. The van der Waals surface area contributed by atoms with Crippen molar-refractivity contribution in [3.8, 4) is 17.5 Å². The Morgan fingerprint density at radius 3 is 2.90 bits per heavy atom. The molecule has 0 atom stereocenters. The molecule has 0 bridgehead atoms. The smallest absolute Gasteiger partial charge is 0.339 e. The van der Waals surface area contributed by atoms with Gasteiger partial charge in [-0.1, -0.05) is 0 Å². The molecule has 0 spiro atoms. The number of carbonyl (C=O) groups excluding carboxylic acids is 1. The Kier molecular flexibility index (Phi) is 3.66. The van der Waals surface area contributed by atoms with Crippen molar-refractivity contribution >= 4 is 5.97 Å². The lowest BCUT2D eigenvalue weighted by Gasteiger charge is -2.05.